The van der Waals surface area contributed by atoms with Crippen molar-refractivity contribution >= 4 is 47.3 Å². The average Bonchev–Trinajstić information content (AvgIpc) is 2.69. The first-order valence-corrected chi connectivity index (χ1v) is 13.1. The van der Waals surface area contributed by atoms with Gasteiger partial charge in [-0.3, -0.25) is 0 Å². The van der Waals surface area contributed by atoms with E-state index in [2.05, 4.69) is 67.6 Å². The Kier molecular flexibility index (Phi) is 8.85. The summed E-state index contributed by atoms with van der Waals surface area (Å²) in [5.41, 5.74) is 0. The number of carbonyl (C=O) groups is 1. The molecule has 0 aromatic heterocycles. The third-order valence-corrected chi connectivity index (χ3v) is 10.8. The lowest BCUT2D eigenvalue weighted by molar-refractivity contribution is -0.149. The van der Waals surface area contributed by atoms with Crippen molar-refractivity contribution in [3.05, 3.63) is 60.7 Å². The first-order chi connectivity index (χ1) is 13.7. The molecule has 2 rings (SSSR count). The Labute approximate surface area is 188 Å². The molecular weight excluding hydrogens is 498 g/mol. The number of carbonyl (C=O) groups excluding carboxylic acids is 1. The van der Waals surface area contributed by atoms with Crippen LogP contribution in [0.5, 0.6) is 0 Å². The van der Waals surface area contributed by atoms with E-state index < -0.39 is 20.5 Å². The van der Waals surface area contributed by atoms with E-state index in [1.54, 1.807) is 6.92 Å². The SMILES string of the molecule is CCOC(=O)C(F)CC(I)CO[Si](c1ccccc1)(c1ccccc1)C(C)(C)C. The maximum absolute atomic E-state index is 14.2. The molecule has 2 aromatic rings. The highest BCUT2D eigenvalue weighted by Gasteiger charge is 2.50. The predicted octanol–water partition coefficient (Wildman–Crippen LogP) is 4.66. The van der Waals surface area contributed by atoms with Gasteiger partial charge in [0.25, 0.3) is 8.32 Å². The molecule has 0 saturated heterocycles. The smallest absolute Gasteiger partial charge is 0.340 e. The van der Waals surface area contributed by atoms with Crippen molar-refractivity contribution in [1.82, 2.24) is 0 Å². The molecule has 0 spiro atoms. The van der Waals surface area contributed by atoms with Crippen LogP contribution in [-0.2, 0) is 14.0 Å². The Morgan fingerprint density at radius 1 is 1.03 bits per heavy atom. The fourth-order valence-electron chi connectivity index (χ4n) is 3.60. The van der Waals surface area contributed by atoms with Crippen molar-refractivity contribution in [3.8, 4) is 0 Å². The summed E-state index contributed by atoms with van der Waals surface area (Å²) in [6.07, 6.45) is -1.54. The van der Waals surface area contributed by atoms with E-state index in [0.29, 0.717) is 6.61 Å². The van der Waals surface area contributed by atoms with Crippen LogP contribution in [0.25, 0.3) is 0 Å². The van der Waals surface area contributed by atoms with Crippen LogP contribution in [0.15, 0.2) is 60.7 Å². The molecule has 3 nitrogen and oxygen atoms in total. The summed E-state index contributed by atoms with van der Waals surface area (Å²) in [5, 5.41) is 2.23. The van der Waals surface area contributed by atoms with Crippen LogP contribution in [-0.4, -0.2) is 37.6 Å². The van der Waals surface area contributed by atoms with Crippen molar-refractivity contribution in [2.75, 3.05) is 13.2 Å². The lowest BCUT2D eigenvalue weighted by Crippen LogP contribution is -2.67. The van der Waals surface area contributed by atoms with Gasteiger partial charge in [0.1, 0.15) is 0 Å². The van der Waals surface area contributed by atoms with Gasteiger partial charge < -0.3 is 9.16 Å². The van der Waals surface area contributed by atoms with E-state index in [9.17, 15) is 9.18 Å². The number of benzene rings is 2. The number of hydrogen-bond acceptors (Lipinski definition) is 3. The molecule has 0 radical (unpaired) electrons. The lowest BCUT2D eigenvalue weighted by Gasteiger charge is -2.43. The van der Waals surface area contributed by atoms with Crippen molar-refractivity contribution < 1.29 is 18.3 Å². The van der Waals surface area contributed by atoms with Gasteiger partial charge in [-0.2, -0.15) is 0 Å². The Bertz CT molecular complexity index is 725. The maximum atomic E-state index is 14.2. The summed E-state index contributed by atoms with van der Waals surface area (Å²) in [6.45, 7) is 8.85. The number of halogens is 2. The van der Waals surface area contributed by atoms with E-state index in [-0.39, 0.29) is 22.0 Å². The van der Waals surface area contributed by atoms with Gasteiger partial charge in [0.15, 0.2) is 6.17 Å². The van der Waals surface area contributed by atoms with Gasteiger partial charge in [0.2, 0.25) is 0 Å². The summed E-state index contributed by atoms with van der Waals surface area (Å²) < 4.78 is 25.6. The largest absolute Gasteiger partial charge is 0.464 e. The van der Waals surface area contributed by atoms with Crippen molar-refractivity contribution in [1.29, 1.82) is 0 Å². The first kappa shape index (κ1) is 24.0. The van der Waals surface area contributed by atoms with Crippen LogP contribution in [0.1, 0.15) is 34.1 Å². The number of esters is 1. The highest BCUT2D eigenvalue weighted by molar-refractivity contribution is 14.1. The number of alkyl halides is 2. The molecule has 6 heteroatoms. The lowest BCUT2D eigenvalue weighted by atomic mass is 10.2. The second-order valence-corrected chi connectivity index (χ2v) is 14.1. The zero-order chi connectivity index (χ0) is 21.5. The van der Waals surface area contributed by atoms with Gasteiger partial charge in [-0.1, -0.05) is 104 Å². The van der Waals surface area contributed by atoms with Gasteiger partial charge in [0, 0.05) is 17.0 Å². The predicted molar refractivity (Wildman–Crippen MR) is 128 cm³/mol. The molecule has 0 aliphatic heterocycles. The first-order valence-electron chi connectivity index (χ1n) is 9.92. The van der Waals surface area contributed by atoms with Crippen LogP contribution < -0.4 is 10.4 Å². The van der Waals surface area contributed by atoms with Gasteiger partial charge in [0.05, 0.1) is 6.61 Å². The molecule has 0 amide bonds. The maximum Gasteiger partial charge on any atom is 0.340 e. The Balaban J connectivity index is 2.33. The van der Waals surface area contributed by atoms with E-state index in [0.717, 1.165) is 0 Å². The molecule has 0 heterocycles. The molecule has 0 N–H and O–H groups in total. The minimum absolute atomic E-state index is 0.0809. The topological polar surface area (TPSA) is 35.5 Å². The van der Waals surface area contributed by atoms with Crippen LogP contribution in [0, 0.1) is 0 Å². The zero-order valence-electron chi connectivity index (χ0n) is 17.5. The monoisotopic (exact) mass is 528 g/mol. The highest BCUT2D eigenvalue weighted by Crippen LogP contribution is 2.37. The van der Waals surface area contributed by atoms with Crippen LogP contribution >= 0.6 is 22.6 Å². The molecule has 0 fully saturated rings. The van der Waals surface area contributed by atoms with Crippen molar-refractivity contribution in [3.63, 3.8) is 0 Å². The molecular formula is C23H30FIO3Si. The highest BCUT2D eigenvalue weighted by atomic mass is 127. The molecule has 0 aliphatic rings. The standard InChI is InChI=1S/C23H30FIO3Si/c1-5-27-22(26)21(24)16-18(25)17-28-29(23(2,3)4,19-12-8-6-9-13-19)20-14-10-7-11-15-20/h6-15,18,21H,5,16-17H2,1-4H3. The second-order valence-electron chi connectivity index (χ2n) is 8.03. The third kappa shape index (κ3) is 5.89. The molecule has 29 heavy (non-hydrogen) atoms. The van der Waals surface area contributed by atoms with Crippen LogP contribution in [0.2, 0.25) is 5.04 Å². The fourth-order valence-corrected chi connectivity index (χ4v) is 9.17. The van der Waals surface area contributed by atoms with E-state index in [4.69, 9.17) is 9.16 Å². The van der Waals surface area contributed by atoms with Crippen LogP contribution in [0.3, 0.4) is 0 Å². The van der Waals surface area contributed by atoms with E-state index >= 15 is 0 Å². The van der Waals surface area contributed by atoms with Crippen molar-refractivity contribution in [2.24, 2.45) is 0 Å². The quantitative estimate of drug-likeness (QED) is 0.206. The Morgan fingerprint density at radius 3 is 1.93 bits per heavy atom. The van der Waals surface area contributed by atoms with E-state index in [1.807, 2.05) is 36.4 Å². The summed E-state index contributed by atoms with van der Waals surface area (Å²) in [4.78, 5) is 11.6. The summed E-state index contributed by atoms with van der Waals surface area (Å²) >= 11 is 2.17. The van der Waals surface area contributed by atoms with Crippen LogP contribution in [0.4, 0.5) is 4.39 Å². The summed E-state index contributed by atoms with van der Waals surface area (Å²) in [6, 6.07) is 20.7. The third-order valence-electron chi connectivity index (χ3n) is 4.90. The molecule has 0 bridgehead atoms. The Hall–Kier alpha value is -1.25. The molecule has 0 aliphatic carbocycles. The molecule has 158 valence electrons. The van der Waals surface area contributed by atoms with E-state index in [1.165, 1.54) is 10.4 Å². The average molecular weight is 528 g/mol. The van der Waals surface area contributed by atoms with Gasteiger partial charge in [-0.25, -0.2) is 9.18 Å². The molecule has 2 unspecified atom stereocenters. The van der Waals surface area contributed by atoms with Gasteiger partial charge in [-0.05, 0) is 22.3 Å². The number of hydrogen-bond donors (Lipinski definition) is 0. The molecule has 0 saturated carbocycles. The minimum Gasteiger partial charge on any atom is -0.464 e. The normalized spacial score (nSPS) is 14.3. The van der Waals surface area contributed by atoms with Gasteiger partial charge >= 0.3 is 5.97 Å². The summed E-state index contributed by atoms with van der Waals surface area (Å²) in [7, 11) is -2.65. The van der Waals surface area contributed by atoms with Gasteiger partial charge in [-0.15, -0.1) is 0 Å². The number of rotatable bonds is 9. The minimum atomic E-state index is -2.65. The van der Waals surface area contributed by atoms with Crippen molar-refractivity contribution in [2.45, 2.75) is 49.3 Å². The number of ether oxygens (including phenoxy) is 1. The molecule has 2 aromatic carbocycles. The summed E-state index contributed by atoms with van der Waals surface area (Å²) in [5.74, 6) is -0.792. The molecule has 2 atom stereocenters. The fraction of sp³-hybridized carbons (Fsp3) is 0.435. The second kappa shape index (κ2) is 10.7. The zero-order valence-corrected chi connectivity index (χ0v) is 20.7. The Morgan fingerprint density at radius 2 is 1.52 bits per heavy atom.